The maximum Gasteiger partial charge on any atom is 0.0449 e. The Balaban J connectivity index is 2.12. The summed E-state index contributed by atoms with van der Waals surface area (Å²) in [5.74, 6) is 0. The molecule has 1 aliphatic rings. The van der Waals surface area contributed by atoms with Crippen LogP contribution in [0.4, 0.5) is 0 Å². The van der Waals surface area contributed by atoms with Crippen molar-refractivity contribution in [3.63, 3.8) is 0 Å². The van der Waals surface area contributed by atoms with E-state index in [4.69, 9.17) is 0 Å². The van der Waals surface area contributed by atoms with E-state index < -0.39 is 0 Å². The molecule has 0 unspecified atom stereocenters. The predicted octanol–water partition coefficient (Wildman–Crippen LogP) is 1.32. The van der Waals surface area contributed by atoms with Crippen molar-refractivity contribution in [1.82, 2.24) is 10.2 Å². The quantitative estimate of drug-likeness (QED) is 0.825. The minimum atomic E-state index is 0.252. The van der Waals surface area contributed by atoms with E-state index in [0.29, 0.717) is 6.04 Å². The summed E-state index contributed by atoms with van der Waals surface area (Å²) in [5, 5.41) is 12.6. The lowest BCUT2D eigenvalue weighted by atomic mass is 10.0. The molecule has 17 heavy (non-hydrogen) atoms. The van der Waals surface area contributed by atoms with Gasteiger partial charge >= 0.3 is 0 Å². The number of nitrogens with zero attached hydrogens (tertiary/aromatic N) is 1. The average molecular weight is 234 g/mol. The molecule has 1 aliphatic heterocycles. The van der Waals surface area contributed by atoms with Gasteiger partial charge in [-0.25, -0.2) is 0 Å². The molecular weight excluding hydrogens is 212 g/mol. The lowest BCUT2D eigenvalue weighted by molar-refractivity contribution is 0.141. The zero-order valence-electron chi connectivity index (χ0n) is 10.5. The van der Waals surface area contributed by atoms with Gasteiger partial charge in [0.15, 0.2) is 0 Å². The molecule has 0 radical (unpaired) electrons. The van der Waals surface area contributed by atoms with Crippen LogP contribution in [0, 0.1) is 6.92 Å². The van der Waals surface area contributed by atoms with Crippen LogP contribution >= 0.6 is 0 Å². The van der Waals surface area contributed by atoms with Crippen molar-refractivity contribution < 1.29 is 5.11 Å². The van der Waals surface area contributed by atoms with Crippen LogP contribution in [0.2, 0.25) is 0 Å². The van der Waals surface area contributed by atoms with Gasteiger partial charge in [-0.15, -0.1) is 0 Å². The fourth-order valence-electron chi connectivity index (χ4n) is 2.46. The fourth-order valence-corrected chi connectivity index (χ4v) is 2.46. The van der Waals surface area contributed by atoms with Gasteiger partial charge in [0, 0.05) is 38.8 Å². The Morgan fingerprint density at radius 2 is 1.88 bits per heavy atom. The first-order valence-electron chi connectivity index (χ1n) is 6.43. The van der Waals surface area contributed by atoms with Gasteiger partial charge in [0.2, 0.25) is 0 Å². The molecule has 1 aromatic rings. The molecule has 0 aromatic heterocycles. The number of aliphatic hydroxyl groups excluding tert-OH is 1. The standard InChI is InChI=1S/C14H22N2O/c1-12-2-4-13(5-3-12)14(6-11-17)16-9-7-15-8-10-16/h2-5,14-15,17H,6-11H2,1H3/t14-/m0/s1. The Morgan fingerprint density at radius 1 is 1.24 bits per heavy atom. The van der Waals surface area contributed by atoms with E-state index in [1.807, 2.05) is 0 Å². The lowest BCUT2D eigenvalue weighted by Crippen LogP contribution is -2.45. The number of hydrogen-bond acceptors (Lipinski definition) is 3. The Bertz CT molecular complexity index is 331. The van der Waals surface area contributed by atoms with Crippen LogP contribution in [0.5, 0.6) is 0 Å². The fraction of sp³-hybridized carbons (Fsp3) is 0.571. The number of piperazine rings is 1. The minimum Gasteiger partial charge on any atom is -0.396 e. The van der Waals surface area contributed by atoms with Crippen molar-refractivity contribution in [2.24, 2.45) is 0 Å². The van der Waals surface area contributed by atoms with Gasteiger partial charge in [0.1, 0.15) is 0 Å². The number of rotatable bonds is 4. The molecule has 3 nitrogen and oxygen atoms in total. The molecule has 1 atom stereocenters. The summed E-state index contributed by atoms with van der Waals surface area (Å²) in [4.78, 5) is 2.47. The summed E-state index contributed by atoms with van der Waals surface area (Å²) in [5.41, 5.74) is 2.61. The molecule has 0 aliphatic carbocycles. The van der Waals surface area contributed by atoms with E-state index in [0.717, 1.165) is 32.6 Å². The molecule has 1 saturated heterocycles. The first kappa shape index (κ1) is 12.6. The van der Waals surface area contributed by atoms with Crippen LogP contribution in [-0.2, 0) is 0 Å². The summed E-state index contributed by atoms with van der Waals surface area (Å²) >= 11 is 0. The van der Waals surface area contributed by atoms with Crippen LogP contribution in [0.3, 0.4) is 0 Å². The van der Waals surface area contributed by atoms with E-state index in [9.17, 15) is 5.11 Å². The second kappa shape index (κ2) is 6.15. The molecule has 3 heteroatoms. The number of benzene rings is 1. The van der Waals surface area contributed by atoms with E-state index in [2.05, 4.69) is 41.4 Å². The lowest BCUT2D eigenvalue weighted by Gasteiger charge is -2.35. The molecule has 0 spiro atoms. The highest BCUT2D eigenvalue weighted by Crippen LogP contribution is 2.24. The highest BCUT2D eigenvalue weighted by molar-refractivity contribution is 5.24. The summed E-state index contributed by atoms with van der Waals surface area (Å²) in [6.07, 6.45) is 0.822. The van der Waals surface area contributed by atoms with Gasteiger partial charge in [-0.3, -0.25) is 4.90 Å². The van der Waals surface area contributed by atoms with E-state index in [-0.39, 0.29) is 6.61 Å². The maximum atomic E-state index is 9.24. The third kappa shape index (κ3) is 3.28. The average Bonchev–Trinajstić information content (AvgIpc) is 2.38. The Kier molecular flexibility index (Phi) is 4.54. The van der Waals surface area contributed by atoms with Crippen LogP contribution in [-0.4, -0.2) is 42.8 Å². The van der Waals surface area contributed by atoms with E-state index in [1.165, 1.54) is 11.1 Å². The van der Waals surface area contributed by atoms with Gasteiger partial charge < -0.3 is 10.4 Å². The Hall–Kier alpha value is -0.900. The predicted molar refractivity (Wildman–Crippen MR) is 70.1 cm³/mol. The van der Waals surface area contributed by atoms with Crippen molar-refractivity contribution in [3.05, 3.63) is 35.4 Å². The molecule has 1 aromatic carbocycles. The first-order chi connectivity index (χ1) is 8.31. The second-order valence-electron chi connectivity index (χ2n) is 4.72. The first-order valence-corrected chi connectivity index (χ1v) is 6.43. The van der Waals surface area contributed by atoms with E-state index in [1.54, 1.807) is 0 Å². The molecule has 1 heterocycles. The summed E-state index contributed by atoms with van der Waals surface area (Å²) in [6, 6.07) is 9.06. The minimum absolute atomic E-state index is 0.252. The number of aliphatic hydroxyl groups is 1. The van der Waals surface area contributed by atoms with Gasteiger partial charge in [-0.05, 0) is 18.9 Å². The smallest absolute Gasteiger partial charge is 0.0449 e. The molecule has 0 bridgehead atoms. The van der Waals surface area contributed by atoms with E-state index >= 15 is 0 Å². The summed E-state index contributed by atoms with van der Waals surface area (Å²) < 4.78 is 0. The third-order valence-corrected chi connectivity index (χ3v) is 3.46. The Labute approximate surface area is 103 Å². The highest BCUT2D eigenvalue weighted by atomic mass is 16.3. The van der Waals surface area contributed by atoms with Crippen LogP contribution in [0.15, 0.2) is 24.3 Å². The molecular formula is C14H22N2O. The zero-order valence-corrected chi connectivity index (χ0v) is 10.5. The van der Waals surface area contributed by atoms with Crippen LogP contribution in [0.1, 0.15) is 23.6 Å². The maximum absolute atomic E-state index is 9.24. The van der Waals surface area contributed by atoms with Crippen molar-refractivity contribution in [2.75, 3.05) is 32.8 Å². The molecule has 94 valence electrons. The van der Waals surface area contributed by atoms with Crippen molar-refractivity contribution in [2.45, 2.75) is 19.4 Å². The summed E-state index contributed by atoms with van der Waals surface area (Å²) in [6.45, 7) is 6.59. The van der Waals surface area contributed by atoms with Gasteiger partial charge in [0.05, 0.1) is 0 Å². The molecule has 0 amide bonds. The zero-order chi connectivity index (χ0) is 12.1. The summed E-state index contributed by atoms with van der Waals surface area (Å²) in [7, 11) is 0. The SMILES string of the molecule is Cc1ccc([C@H](CCO)N2CCNCC2)cc1. The van der Waals surface area contributed by atoms with Crippen LogP contribution in [0.25, 0.3) is 0 Å². The van der Waals surface area contributed by atoms with Crippen molar-refractivity contribution in [1.29, 1.82) is 0 Å². The topological polar surface area (TPSA) is 35.5 Å². The third-order valence-electron chi connectivity index (χ3n) is 3.46. The normalized spacial score (nSPS) is 19.2. The second-order valence-corrected chi connectivity index (χ2v) is 4.72. The molecule has 1 fully saturated rings. The van der Waals surface area contributed by atoms with Gasteiger partial charge in [-0.1, -0.05) is 29.8 Å². The molecule has 0 saturated carbocycles. The van der Waals surface area contributed by atoms with Crippen molar-refractivity contribution >= 4 is 0 Å². The largest absolute Gasteiger partial charge is 0.396 e. The molecule has 2 N–H and O–H groups in total. The number of hydrogen-bond donors (Lipinski definition) is 2. The highest BCUT2D eigenvalue weighted by Gasteiger charge is 2.21. The Morgan fingerprint density at radius 3 is 2.47 bits per heavy atom. The molecule has 2 rings (SSSR count). The monoisotopic (exact) mass is 234 g/mol. The van der Waals surface area contributed by atoms with Crippen molar-refractivity contribution in [3.8, 4) is 0 Å². The number of aryl methyl sites for hydroxylation is 1. The number of nitrogens with one attached hydrogen (secondary N) is 1. The van der Waals surface area contributed by atoms with Crippen LogP contribution < -0.4 is 5.32 Å². The van der Waals surface area contributed by atoms with Gasteiger partial charge in [-0.2, -0.15) is 0 Å². The van der Waals surface area contributed by atoms with Gasteiger partial charge in [0.25, 0.3) is 0 Å².